The Morgan fingerprint density at radius 2 is 1.81 bits per heavy atom. The molecule has 0 bridgehead atoms. The van der Waals surface area contributed by atoms with E-state index in [0.29, 0.717) is 21.7 Å². The van der Waals surface area contributed by atoms with Crippen molar-refractivity contribution in [3.63, 3.8) is 0 Å². The van der Waals surface area contributed by atoms with Crippen molar-refractivity contribution in [2.75, 3.05) is 30.0 Å². The number of thioether (sulfide) groups is 1. The van der Waals surface area contributed by atoms with Gasteiger partial charge in [-0.05, 0) is 36.8 Å². The number of nitrogens with one attached hydrogen (secondary N) is 2. The van der Waals surface area contributed by atoms with Gasteiger partial charge in [0.25, 0.3) is 0 Å². The Balaban J connectivity index is 1.40. The molecule has 0 fully saturated rings. The van der Waals surface area contributed by atoms with Crippen LogP contribution in [0.5, 0.6) is 0 Å². The van der Waals surface area contributed by atoms with Crippen LogP contribution in [0.2, 0.25) is 0 Å². The van der Waals surface area contributed by atoms with E-state index in [0.717, 1.165) is 11.1 Å². The number of hydrogen-bond donors (Lipinski definition) is 2. The third-order valence-corrected chi connectivity index (χ3v) is 6.22. The maximum Gasteiger partial charge on any atom is 0.243 e. The molecule has 0 saturated heterocycles. The lowest BCUT2D eigenvalue weighted by Crippen LogP contribution is -2.35. The Morgan fingerprint density at radius 1 is 1.10 bits per heavy atom. The van der Waals surface area contributed by atoms with Gasteiger partial charge in [0.05, 0.1) is 12.3 Å². The molecule has 31 heavy (non-hydrogen) atoms. The van der Waals surface area contributed by atoms with E-state index in [1.54, 1.807) is 19.2 Å². The molecular formula is C21H22FN5O2S2. The number of carbonyl (C=O) groups excluding carboxylic acids is 2. The minimum atomic E-state index is -0.277. The maximum atomic E-state index is 12.9. The maximum absolute atomic E-state index is 12.9. The first-order chi connectivity index (χ1) is 14.9. The molecule has 3 aromatic rings. The molecule has 1 aromatic heterocycles. The predicted molar refractivity (Wildman–Crippen MR) is 122 cm³/mol. The Kier molecular flexibility index (Phi) is 7.96. The molecule has 0 spiro atoms. The molecule has 1 heterocycles. The average Bonchev–Trinajstić information content (AvgIpc) is 3.21. The van der Waals surface area contributed by atoms with Gasteiger partial charge < -0.3 is 15.5 Å². The number of anilines is 2. The summed E-state index contributed by atoms with van der Waals surface area (Å²) in [4.78, 5) is 25.8. The predicted octanol–water partition coefficient (Wildman–Crippen LogP) is 3.79. The summed E-state index contributed by atoms with van der Waals surface area (Å²) < 4.78 is 13.6. The summed E-state index contributed by atoms with van der Waals surface area (Å²) in [6, 6.07) is 13.7. The van der Waals surface area contributed by atoms with Crippen LogP contribution in [0, 0.1) is 12.7 Å². The zero-order chi connectivity index (χ0) is 22.2. The van der Waals surface area contributed by atoms with E-state index in [-0.39, 0.29) is 29.9 Å². The highest BCUT2D eigenvalue weighted by atomic mass is 32.2. The lowest BCUT2D eigenvalue weighted by molar-refractivity contribution is -0.131. The molecule has 0 aliphatic carbocycles. The van der Waals surface area contributed by atoms with Gasteiger partial charge in [-0.3, -0.25) is 9.59 Å². The molecule has 0 atom stereocenters. The summed E-state index contributed by atoms with van der Waals surface area (Å²) in [7, 11) is 1.59. The third-order valence-electron chi connectivity index (χ3n) is 4.22. The van der Waals surface area contributed by atoms with Crippen LogP contribution < -0.4 is 10.6 Å². The van der Waals surface area contributed by atoms with E-state index < -0.39 is 0 Å². The standard InChI is InChI=1S/C21H22FN5O2S2/c1-14-3-9-17(10-4-14)24-18(28)12-27(2)19(29)13-30-21-26-25-20(31-21)23-11-15-5-7-16(22)8-6-15/h3-10H,11-13H2,1-2H3,(H,23,25)(H,24,28). The molecule has 2 aromatic carbocycles. The van der Waals surface area contributed by atoms with Crippen LogP contribution in [0.15, 0.2) is 52.9 Å². The first-order valence-corrected chi connectivity index (χ1v) is 11.2. The van der Waals surface area contributed by atoms with Crippen molar-refractivity contribution < 1.29 is 14.0 Å². The molecule has 0 unspecified atom stereocenters. The van der Waals surface area contributed by atoms with Crippen LogP contribution in [-0.4, -0.2) is 46.3 Å². The van der Waals surface area contributed by atoms with Gasteiger partial charge in [0.1, 0.15) is 5.82 Å². The van der Waals surface area contributed by atoms with Crippen LogP contribution in [0.1, 0.15) is 11.1 Å². The second-order valence-electron chi connectivity index (χ2n) is 6.81. The van der Waals surface area contributed by atoms with E-state index in [9.17, 15) is 14.0 Å². The second kappa shape index (κ2) is 10.9. The molecule has 7 nitrogen and oxygen atoms in total. The van der Waals surface area contributed by atoms with Crippen LogP contribution in [-0.2, 0) is 16.1 Å². The zero-order valence-corrected chi connectivity index (χ0v) is 18.7. The Morgan fingerprint density at radius 3 is 2.52 bits per heavy atom. The smallest absolute Gasteiger partial charge is 0.243 e. The van der Waals surface area contributed by atoms with Crippen LogP contribution in [0.25, 0.3) is 0 Å². The van der Waals surface area contributed by atoms with Crippen molar-refractivity contribution in [2.45, 2.75) is 17.8 Å². The molecule has 0 saturated carbocycles. The highest BCUT2D eigenvalue weighted by molar-refractivity contribution is 8.01. The molecule has 2 amide bonds. The number of hydrogen-bond acceptors (Lipinski definition) is 7. The second-order valence-corrected chi connectivity index (χ2v) is 9.01. The van der Waals surface area contributed by atoms with E-state index in [4.69, 9.17) is 0 Å². The summed E-state index contributed by atoms with van der Waals surface area (Å²) in [5.41, 5.74) is 2.72. The number of rotatable bonds is 9. The SMILES string of the molecule is Cc1ccc(NC(=O)CN(C)C(=O)CSc2nnc(NCc3ccc(F)cc3)s2)cc1. The minimum absolute atomic E-state index is 0.0339. The average molecular weight is 460 g/mol. The molecule has 0 radical (unpaired) electrons. The number of benzene rings is 2. The highest BCUT2D eigenvalue weighted by Crippen LogP contribution is 2.26. The third kappa shape index (κ3) is 7.34. The molecule has 162 valence electrons. The van der Waals surface area contributed by atoms with E-state index in [1.807, 2.05) is 31.2 Å². The molecule has 10 heteroatoms. The first kappa shape index (κ1) is 22.7. The van der Waals surface area contributed by atoms with Gasteiger partial charge in [-0.1, -0.05) is 52.9 Å². The summed E-state index contributed by atoms with van der Waals surface area (Å²) in [5, 5.41) is 14.6. The fourth-order valence-corrected chi connectivity index (χ4v) is 4.18. The minimum Gasteiger partial charge on any atom is -0.356 e. The first-order valence-electron chi connectivity index (χ1n) is 9.44. The van der Waals surface area contributed by atoms with Gasteiger partial charge in [0.15, 0.2) is 4.34 Å². The van der Waals surface area contributed by atoms with Crippen molar-refractivity contribution in [3.05, 3.63) is 65.5 Å². The lowest BCUT2D eigenvalue weighted by atomic mass is 10.2. The van der Waals surface area contributed by atoms with Crippen molar-refractivity contribution >= 4 is 45.7 Å². The number of nitrogens with zero attached hydrogens (tertiary/aromatic N) is 3. The number of aryl methyl sites for hydroxylation is 1. The number of likely N-dealkylation sites (N-methyl/N-ethyl adjacent to an activating group) is 1. The number of halogens is 1. The number of amides is 2. The van der Waals surface area contributed by atoms with E-state index in [1.165, 1.54) is 40.1 Å². The van der Waals surface area contributed by atoms with Gasteiger partial charge in [-0.2, -0.15) is 0 Å². The summed E-state index contributed by atoms with van der Waals surface area (Å²) in [5.74, 6) is -0.561. The number of aromatic nitrogens is 2. The summed E-state index contributed by atoms with van der Waals surface area (Å²) in [6.07, 6.45) is 0. The molecular weight excluding hydrogens is 437 g/mol. The van der Waals surface area contributed by atoms with Crippen molar-refractivity contribution in [1.82, 2.24) is 15.1 Å². The van der Waals surface area contributed by atoms with Gasteiger partial charge in [0, 0.05) is 19.3 Å². The zero-order valence-electron chi connectivity index (χ0n) is 17.1. The monoisotopic (exact) mass is 459 g/mol. The summed E-state index contributed by atoms with van der Waals surface area (Å²) >= 11 is 2.60. The normalized spacial score (nSPS) is 10.5. The van der Waals surface area contributed by atoms with Crippen LogP contribution in [0.4, 0.5) is 15.2 Å². The lowest BCUT2D eigenvalue weighted by Gasteiger charge is -2.16. The van der Waals surface area contributed by atoms with Gasteiger partial charge in [-0.25, -0.2) is 4.39 Å². The van der Waals surface area contributed by atoms with Crippen LogP contribution in [0.3, 0.4) is 0 Å². The molecule has 0 aliphatic heterocycles. The van der Waals surface area contributed by atoms with Gasteiger partial charge >= 0.3 is 0 Å². The van der Waals surface area contributed by atoms with Gasteiger partial charge in [0.2, 0.25) is 16.9 Å². The summed E-state index contributed by atoms with van der Waals surface area (Å²) in [6.45, 7) is 2.43. The highest BCUT2D eigenvalue weighted by Gasteiger charge is 2.15. The van der Waals surface area contributed by atoms with Crippen molar-refractivity contribution in [1.29, 1.82) is 0 Å². The fourth-order valence-electron chi connectivity index (χ4n) is 2.49. The van der Waals surface area contributed by atoms with Gasteiger partial charge in [-0.15, -0.1) is 10.2 Å². The fraction of sp³-hybridized carbons (Fsp3) is 0.238. The molecule has 0 aliphatic rings. The van der Waals surface area contributed by atoms with Crippen LogP contribution >= 0.6 is 23.1 Å². The topological polar surface area (TPSA) is 87.2 Å². The largest absolute Gasteiger partial charge is 0.356 e. The quantitative estimate of drug-likeness (QED) is 0.474. The van der Waals surface area contributed by atoms with Crippen molar-refractivity contribution in [2.24, 2.45) is 0 Å². The van der Waals surface area contributed by atoms with E-state index >= 15 is 0 Å². The van der Waals surface area contributed by atoms with E-state index in [2.05, 4.69) is 20.8 Å². The number of carbonyl (C=O) groups is 2. The Labute approximate surface area is 188 Å². The molecule has 3 rings (SSSR count). The Hall–Kier alpha value is -2.98. The molecule has 2 N–H and O–H groups in total. The van der Waals surface area contributed by atoms with Crippen molar-refractivity contribution in [3.8, 4) is 0 Å². The Bertz CT molecular complexity index is 1030.